The van der Waals surface area contributed by atoms with E-state index < -0.39 is 5.97 Å². The van der Waals surface area contributed by atoms with E-state index in [1.165, 1.54) is 0 Å². The van der Waals surface area contributed by atoms with Crippen LogP contribution >= 0.6 is 0 Å². The molecule has 0 fully saturated rings. The summed E-state index contributed by atoms with van der Waals surface area (Å²) >= 11 is 0. The first kappa shape index (κ1) is 12.2. The number of imidazole rings is 1. The summed E-state index contributed by atoms with van der Waals surface area (Å²) in [6.45, 7) is 3.40. The second kappa shape index (κ2) is 5.01. The Hall–Kier alpha value is -2.88. The number of carbonyl (C=O) groups is 1. The molecule has 0 atom stereocenters. The molecule has 1 aromatic heterocycles. The Morgan fingerprint density at radius 2 is 1.90 bits per heavy atom. The molecular weight excluding hydrogens is 252 g/mol. The molecule has 0 bridgehead atoms. The minimum absolute atomic E-state index is 0.455. The van der Waals surface area contributed by atoms with Crippen molar-refractivity contribution < 1.29 is 9.53 Å². The van der Waals surface area contributed by atoms with Crippen LogP contribution < -0.4 is 4.74 Å². The van der Waals surface area contributed by atoms with Gasteiger partial charge in [-0.25, -0.2) is 9.78 Å². The standard InChI is InChI=1S/C16H12N2O2/c1-2-15(19)20-14-10-6-3-7-11(14)16-17-12-8-4-5-9-13(12)18-16/h2-10H,1H2,(H,17,18). The van der Waals surface area contributed by atoms with Crippen LogP contribution in [-0.4, -0.2) is 15.9 Å². The lowest BCUT2D eigenvalue weighted by Gasteiger charge is -2.06. The maximum atomic E-state index is 11.4. The highest BCUT2D eigenvalue weighted by Gasteiger charge is 2.12. The number of aromatic amines is 1. The number of H-pyrrole nitrogens is 1. The maximum absolute atomic E-state index is 11.4. The minimum Gasteiger partial charge on any atom is -0.423 e. The largest absolute Gasteiger partial charge is 0.423 e. The predicted molar refractivity (Wildman–Crippen MR) is 77.4 cm³/mol. The Morgan fingerprint density at radius 3 is 2.70 bits per heavy atom. The summed E-state index contributed by atoms with van der Waals surface area (Å²) in [5, 5.41) is 0. The second-order valence-electron chi connectivity index (χ2n) is 4.22. The van der Waals surface area contributed by atoms with E-state index in [9.17, 15) is 4.79 Å². The molecule has 98 valence electrons. The van der Waals surface area contributed by atoms with Crippen molar-refractivity contribution in [2.45, 2.75) is 0 Å². The van der Waals surface area contributed by atoms with E-state index in [4.69, 9.17) is 4.74 Å². The van der Waals surface area contributed by atoms with Gasteiger partial charge < -0.3 is 9.72 Å². The van der Waals surface area contributed by atoms with E-state index in [1.807, 2.05) is 36.4 Å². The molecule has 4 nitrogen and oxygen atoms in total. The number of hydrogen-bond donors (Lipinski definition) is 1. The van der Waals surface area contributed by atoms with Gasteiger partial charge in [0.25, 0.3) is 0 Å². The number of rotatable bonds is 3. The smallest absolute Gasteiger partial charge is 0.335 e. The third kappa shape index (κ3) is 2.19. The summed E-state index contributed by atoms with van der Waals surface area (Å²) in [5.41, 5.74) is 2.54. The SMILES string of the molecule is C=CC(=O)Oc1ccccc1-c1nc2ccccc2[nH]1. The van der Waals surface area contributed by atoms with Crippen molar-refractivity contribution in [3.63, 3.8) is 0 Å². The zero-order chi connectivity index (χ0) is 13.9. The highest BCUT2D eigenvalue weighted by atomic mass is 16.5. The molecule has 0 unspecified atom stereocenters. The molecule has 0 aliphatic rings. The highest BCUT2D eigenvalue weighted by Crippen LogP contribution is 2.29. The molecular formula is C16H12N2O2. The molecule has 0 aliphatic heterocycles. The monoisotopic (exact) mass is 264 g/mol. The fraction of sp³-hybridized carbons (Fsp3) is 0. The van der Waals surface area contributed by atoms with Gasteiger partial charge in [-0.05, 0) is 24.3 Å². The van der Waals surface area contributed by atoms with Gasteiger partial charge in [0.1, 0.15) is 11.6 Å². The fourth-order valence-electron chi connectivity index (χ4n) is 1.98. The van der Waals surface area contributed by atoms with Crippen LogP contribution in [0.3, 0.4) is 0 Å². The summed E-state index contributed by atoms with van der Waals surface area (Å²) in [6, 6.07) is 15.0. The van der Waals surface area contributed by atoms with Crippen molar-refractivity contribution in [2.75, 3.05) is 0 Å². The van der Waals surface area contributed by atoms with E-state index in [-0.39, 0.29) is 0 Å². The zero-order valence-corrected chi connectivity index (χ0v) is 10.7. The summed E-state index contributed by atoms with van der Waals surface area (Å²) in [7, 11) is 0. The van der Waals surface area contributed by atoms with Crippen LogP contribution in [0, 0.1) is 0 Å². The van der Waals surface area contributed by atoms with Crippen molar-refractivity contribution in [3.8, 4) is 17.1 Å². The first-order chi connectivity index (χ1) is 9.78. The normalized spacial score (nSPS) is 10.4. The Labute approximate surface area is 115 Å². The number of hydrogen-bond acceptors (Lipinski definition) is 3. The Morgan fingerprint density at radius 1 is 1.15 bits per heavy atom. The second-order valence-corrected chi connectivity index (χ2v) is 4.22. The Balaban J connectivity index is 2.09. The van der Waals surface area contributed by atoms with Crippen LogP contribution in [0.2, 0.25) is 0 Å². The molecule has 2 aromatic carbocycles. The fourth-order valence-corrected chi connectivity index (χ4v) is 1.98. The molecule has 1 heterocycles. The van der Waals surface area contributed by atoms with Crippen LogP contribution in [0.15, 0.2) is 61.2 Å². The molecule has 0 saturated heterocycles. The molecule has 4 heteroatoms. The van der Waals surface area contributed by atoms with Crippen LogP contribution in [0.25, 0.3) is 22.4 Å². The van der Waals surface area contributed by atoms with E-state index in [1.54, 1.807) is 12.1 Å². The molecule has 0 radical (unpaired) electrons. The molecule has 0 aliphatic carbocycles. The first-order valence-corrected chi connectivity index (χ1v) is 6.16. The van der Waals surface area contributed by atoms with Gasteiger partial charge in [0.15, 0.2) is 0 Å². The third-order valence-corrected chi connectivity index (χ3v) is 2.91. The lowest BCUT2D eigenvalue weighted by Crippen LogP contribution is -2.04. The van der Waals surface area contributed by atoms with E-state index in [2.05, 4.69) is 16.5 Å². The van der Waals surface area contributed by atoms with Crippen LogP contribution in [0.4, 0.5) is 0 Å². The topological polar surface area (TPSA) is 55.0 Å². The van der Waals surface area contributed by atoms with Gasteiger partial charge in [-0.1, -0.05) is 30.8 Å². The summed E-state index contributed by atoms with van der Waals surface area (Å²) in [4.78, 5) is 19.1. The number of esters is 1. The van der Waals surface area contributed by atoms with Gasteiger partial charge >= 0.3 is 5.97 Å². The maximum Gasteiger partial charge on any atom is 0.335 e. The number of fused-ring (bicyclic) bond motifs is 1. The van der Waals surface area contributed by atoms with Crippen LogP contribution in [0.5, 0.6) is 5.75 Å². The lowest BCUT2D eigenvalue weighted by atomic mass is 10.2. The summed E-state index contributed by atoms with van der Waals surface area (Å²) in [5.74, 6) is 0.628. The van der Waals surface area contributed by atoms with Gasteiger partial charge in [0.2, 0.25) is 0 Å². The number of ether oxygens (including phenoxy) is 1. The summed E-state index contributed by atoms with van der Waals surface area (Å²) < 4.78 is 5.23. The van der Waals surface area contributed by atoms with Gasteiger partial charge in [0.05, 0.1) is 16.6 Å². The Kier molecular flexibility index (Phi) is 3.05. The third-order valence-electron chi connectivity index (χ3n) is 2.91. The number of nitrogens with zero attached hydrogens (tertiary/aromatic N) is 1. The lowest BCUT2D eigenvalue weighted by molar-refractivity contribution is -0.128. The van der Waals surface area contributed by atoms with Gasteiger partial charge in [0, 0.05) is 6.08 Å². The minimum atomic E-state index is -0.492. The molecule has 0 amide bonds. The van der Waals surface area contributed by atoms with Crippen molar-refractivity contribution in [1.82, 2.24) is 9.97 Å². The van der Waals surface area contributed by atoms with E-state index in [0.717, 1.165) is 22.7 Å². The van der Waals surface area contributed by atoms with E-state index in [0.29, 0.717) is 11.6 Å². The van der Waals surface area contributed by atoms with E-state index >= 15 is 0 Å². The molecule has 20 heavy (non-hydrogen) atoms. The molecule has 0 spiro atoms. The molecule has 3 rings (SSSR count). The molecule has 1 N–H and O–H groups in total. The average Bonchev–Trinajstić information content (AvgIpc) is 2.91. The van der Waals surface area contributed by atoms with Gasteiger partial charge in [-0.3, -0.25) is 0 Å². The van der Waals surface area contributed by atoms with Crippen molar-refractivity contribution in [3.05, 3.63) is 61.2 Å². The average molecular weight is 264 g/mol. The Bertz CT molecular complexity index is 757. The zero-order valence-electron chi connectivity index (χ0n) is 10.7. The van der Waals surface area contributed by atoms with Crippen LogP contribution in [-0.2, 0) is 4.79 Å². The number of benzene rings is 2. The van der Waals surface area contributed by atoms with Crippen LogP contribution in [0.1, 0.15) is 0 Å². The van der Waals surface area contributed by atoms with Gasteiger partial charge in [-0.2, -0.15) is 0 Å². The predicted octanol–water partition coefficient (Wildman–Crippen LogP) is 3.32. The van der Waals surface area contributed by atoms with Crippen molar-refractivity contribution >= 4 is 17.0 Å². The number of aromatic nitrogens is 2. The highest BCUT2D eigenvalue weighted by molar-refractivity contribution is 5.86. The van der Waals surface area contributed by atoms with Crippen molar-refractivity contribution in [1.29, 1.82) is 0 Å². The van der Waals surface area contributed by atoms with Gasteiger partial charge in [-0.15, -0.1) is 0 Å². The first-order valence-electron chi connectivity index (χ1n) is 6.16. The number of para-hydroxylation sites is 3. The number of nitrogens with one attached hydrogen (secondary N) is 1. The summed E-state index contributed by atoms with van der Waals surface area (Å²) in [6.07, 6.45) is 1.13. The van der Waals surface area contributed by atoms with Crippen molar-refractivity contribution in [2.24, 2.45) is 0 Å². The molecule has 0 saturated carbocycles. The molecule has 3 aromatic rings. The number of carbonyl (C=O) groups excluding carboxylic acids is 1. The quantitative estimate of drug-likeness (QED) is 0.448.